The molecule has 0 unspecified atom stereocenters. The molecule has 0 atom stereocenters. The summed E-state index contributed by atoms with van der Waals surface area (Å²) in [7, 11) is -3.49. The van der Waals surface area contributed by atoms with Crippen molar-refractivity contribution in [3.05, 3.63) is 46.3 Å². The first-order chi connectivity index (χ1) is 10.0. The molecule has 21 heavy (non-hydrogen) atoms. The van der Waals surface area contributed by atoms with Crippen LogP contribution in [-0.4, -0.2) is 15.0 Å². The number of hydrogen-bond acceptors (Lipinski definition) is 4. The Kier molecular flexibility index (Phi) is 3.77. The number of hydrogen-bond donors (Lipinski definition) is 1. The molecule has 2 heterocycles. The van der Waals surface area contributed by atoms with Crippen molar-refractivity contribution in [3.8, 4) is 0 Å². The summed E-state index contributed by atoms with van der Waals surface area (Å²) >= 11 is 1.28. The zero-order chi connectivity index (χ0) is 15.0. The van der Waals surface area contributed by atoms with E-state index < -0.39 is 10.0 Å². The molecule has 1 aliphatic heterocycles. The van der Waals surface area contributed by atoms with Gasteiger partial charge in [0.15, 0.2) is 0 Å². The fourth-order valence-electron chi connectivity index (χ4n) is 2.68. The maximum Gasteiger partial charge on any atom is 0.273 e. The molecule has 0 radical (unpaired) electrons. The van der Waals surface area contributed by atoms with Crippen molar-refractivity contribution in [3.63, 3.8) is 0 Å². The molecule has 1 aliphatic rings. The van der Waals surface area contributed by atoms with Crippen LogP contribution in [0, 0.1) is 6.92 Å². The van der Waals surface area contributed by atoms with Crippen LogP contribution in [0.1, 0.15) is 22.4 Å². The highest BCUT2D eigenvalue weighted by Gasteiger charge is 2.30. The predicted octanol–water partition coefficient (Wildman–Crippen LogP) is 2.66. The molecule has 0 amide bonds. The monoisotopic (exact) mass is 322 g/mol. The quantitative estimate of drug-likeness (QED) is 0.945. The Balaban J connectivity index is 2.07. The second kappa shape index (κ2) is 5.44. The highest BCUT2D eigenvalue weighted by Crippen LogP contribution is 2.35. The molecule has 0 bridgehead atoms. The van der Waals surface area contributed by atoms with Gasteiger partial charge >= 0.3 is 0 Å². The fourth-order valence-corrected chi connectivity index (χ4v) is 5.80. The van der Waals surface area contributed by atoms with Crippen molar-refractivity contribution in [1.29, 1.82) is 0 Å². The number of benzene rings is 1. The third-order valence-corrected chi connectivity index (χ3v) is 7.32. The summed E-state index contributed by atoms with van der Waals surface area (Å²) in [5.74, 6) is 0. The molecule has 2 aromatic rings. The van der Waals surface area contributed by atoms with Crippen LogP contribution in [-0.2, 0) is 23.0 Å². The second-order valence-electron chi connectivity index (χ2n) is 5.19. The largest absolute Gasteiger partial charge is 0.326 e. The van der Waals surface area contributed by atoms with Gasteiger partial charge in [-0.25, -0.2) is 8.42 Å². The standard InChI is InChI=1S/C15H18N2O2S2/c1-11-9-15(20-14(11)10-16)21(18,19)17-8-4-6-12-5-2-3-7-13(12)17/h2-3,5,7,9H,4,6,8,10,16H2,1H3. The number of nitrogens with two attached hydrogens (primary N) is 1. The van der Waals surface area contributed by atoms with Gasteiger partial charge in [0, 0.05) is 18.0 Å². The number of para-hydroxylation sites is 1. The summed E-state index contributed by atoms with van der Waals surface area (Å²) in [5.41, 5.74) is 8.52. The number of sulfonamides is 1. The first kappa shape index (κ1) is 14.6. The summed E-state index contributed by atoms with van der Waals surface area (Å²) in [6, 6.07) is 9.46. The predicted molar refractivity (Wildman–Crippen MR) is 86.2 cm³/mol. The molecule has 0 spiro atoms. The maximum absolute atomic E-state index is 12.9. The molecule has 4 nitrogen and oxygen atoms in total. The van der Waals surface area contributed by atoms with E-state index in [0.29, 0.717) is 17.3 Å². The molecule has 112 valence electrons. The van der Waals surface area contributed by atoms with Crippen molar-refractivity contribution in [2.24, 2.45) is 5.73 Å². The van der Waals surface area contributed by atoms with Crippen LogP contribution in [0.5, 0.6) is 0 Å². The maximum atomic E-state index is 12.9. The zero-order valence-electron chi connectivity index (χ0n) is 11.9. The highest BCUT2D eigenvalue weighted by molar-refractivity contribution is 7.94. The molecule has 0 fully saturated rings. The molecular formula is C15H18N2O2S2. The van der Waals surface area contributed by atoms with Crippen LogP contribution in [0.15, 0.2) is 34.5 Å². The summed E-state index contributed by atoms with van der Waals surface area (Å²) in [6.07, 6.45) is 1.78. The van der Waals surface area contributed by atoms with E-state index in [9.17, 15) is 8.42 Å². The topological polar surface area (TPSA) is 63.4 Å². The van der Waals surface area contributed by atoms with Gasteiger partial charge in [0.2, 0.25) is 0 Å². The Morgan fingerprint density at radius 1 is 1.33 bits per heavy atom. The Morgan fingerprint density at radius 3 is 2.81 bits per heavy atom. The molecule has 0 saturated carbocycles. The number of thiophene rings is 1. The Morgan fingerprint density at radius 2 is 2.10 bits per heavy atom. The van der Waals surface area contributed by atoms with Crippen molar-refractivity contribution in [2.45, 2.75) is 30.5 Å². The minimum absolute atomic E-state index is 0.378. The van der Waals surface area contributed by atoms with Gasteiger partial charge in [0.05, 0.1) is 5.69 Å². The van der Waals surface area contributed by atoms with Crippen molar-refractivity contribution < 1.29 is 8.42 Å². The minimum Gasteiger partial charge on any atom is -0.326 e. The zero-order valence-corrected chi connectivity index (χ0v) is 13.5. The first-order valence-corrected chi connectivity index (χ1v) is 9.19. The highest BCUT2D eigenvalue weighted by atomic mass is 32.2. The van der Waals surface area contributed by atoms with Crippen LogP contribution in [0.4, 0.5) is 5.69 Å². The van der Waals surface area contributed by atoms with Crippen LogP contribution < -0.4 is 10.0 Å². The lowest BCUT2D eigenvalue weighted by Crippen LogP contribution is -2.35. The molecular weight excluding hydrogens is 304 g/mol. The van der Waals surface area contributed by atoms with Crippen LogP contribution in [0.25, 0.3) is 0 Å². The molecule has 6 heteroatoms. The first-order valence-electron chi connectivity index (χ1n) is 6.94. The van der Waals surface area contributed by atoms with E-state index in [1.165, 1.54) is 15.6 Å². The van der Waals surface area contributed by atoms with Gasteiger partial charge in [-0.1, -0.05) is 18.2 Å². The van der Waals surface area contributed by atoms with Gasteiger partial charge in [-0.15, -0.1) is 11.3 Å². The average molecular weight is 322 g/mol. The Hall–Kier alpha value is -1.37. The molecule has 2 N–H and O–H groups in total. The van der Waals surface area contributed by atoms with Gasteiger partial charge in [-0.3, -0.25) is 4.31 Å². The van der Waals surface area contributed by atoms with E-state index >= 15 is 0 Å². The van der Waals surface area contributed by atoms with Gasteiger partial charge in [-0.2, -0.15) is 0 Å². The second-order valence-corrected chi connectivity index (χ2v) is 8.41. The summed E-state index contributed by atoms with van der Waals surface area (Å²) in [6.45, 7) is 2.82. The smallest absolute Gasteiger partial charge is 0.273 e. The number of aryl methyl sites for hydroxylation is 2. The molecule has 3 rings (SSSR count). The lowest BCUT2D eigenvalue weighted by atomic mass is 10.0. The number of anilines is 1. The van der Waals surface area contributed by atoms with Crippen LogP contribution >= 0.6 is 11.3 Å². The molecule has 1 aromatic carbocycles. The number of rotatable bonds is 3. The summed E-state index contributed by atoms with van der Waals surface area (Å²) < 4.78 is 27.8. The fraction of sp³-hybridized carbons (Fsp3) is 0.333. The van der Waals surface area contributed by atoms with Crippen LogP contribution in [0.2, 0.25) is 0 Å². The Bertz CT molecular complexity index is 766. The number of nitrogens with zero attached hydrogens (tertiary/aromatic N) is 1. The SMILES string of the molecule is Cc1cc(S(=O)(=O)N2CCCc3ccccc32)sc1CN. The average Bonchev–Trinajstić information content (AvgIpc) is 2.88. The molecule has 0 aliphatic carbocycles. The molecule has 1 aromatic heterocycles. The normalized spacial score (nSPS) is 15.0. The third-order valence-electron chi connectivity index (χ3n) is 3.80. The minimum atomic E-state index is -3.49. The van der Waals surface area contributed by atoms with E-state index in [1.54, 1.807) is 6.07 Å². The van der Waals surface area contributed by atoms with Crippen molar-refractivity contribution >= 4 is 27.0 Å². The molecule has 0 saturated heterocycles. The number of fused-ring (bicyclic) bond motifs is 1. The van der Waals surface area contributed by atoms with E-state index in [0.717, 1.165) is 34.5 Å². The Labute approximate surface area is 129 Å². The summed E-state index contributed by atoms with van der Waals surface area (Å²) in [5, 5.41) is 0. The van der Waals surface area contributed by atoms with E-state index in [-0.39, 0.29) is 0 Å². The van der Waals surface area contributed by atoms with Crippen molar-refractivity contribution in [2.75, 3.05) is 10.8 Å². The third kappa shape index (κ3) is 2.47. The van der Waals surface area contributed by atoms with E-state index in [4.69, 9.17) is 5.73 Å². The van der Waals surface area contributed by atoms with Gasteiger partial charge in [0.25, 0.3) is 10.0 Å². The lowest BCUT2D eigenvalue weighted by molar-refractivity contribution is 0.588. The van der Waals surface area contributed by atoms with E-state index in [2.05, 4.69) is 0 Å². The van der Waals surface area contributed by atoms with Crippen LogP contribution in [0.3, 0.4) is 0 Å². The lowest BCUT2D eigenvalue weighted by Gasteiger charge is -2.29. The van der Waals surface area contributed by atoms with E-state index in [1.807, 2.05) is 31.2 Å². The summed E-state index contributed by atoms with van der Waals surface area (Å²) in [4.78, 5) is 0.930. The van der Waals surface area contributed by atoms with Gasteiger partial charge < -0.3 is 5.73 Å². The van der Waals surface area contributed by atoms with Gasteiger partial charge in [-0.05, 0) is 43.0 Å². The van der Waals surface area contributed by atoms with Gasteiger partial charge in [0.1, 0.15) is 4.21 Å². The van der Waals surface area contributed by atoms with Crippen molar-refractivity contribution in [1.82, 2.24) is 0 Å².